The predicted molar refractivity (Wildman–Crippen MR) is 62.3 cm³/mol. The molecule has 0 radical (unpaired) electrons. The van der Waals surface area contributed by atoms with Gasteiger partial charge in [0.2, 0.25) is 0 Å². The molecule has 16 heavy (non-hydrogen) atoms. The number of ether oxygens (including phenoxy) is 1. The molecule has 2 aliphatic heterocycles. The third-order valence-corrected chi connectivity index (χ3v) is 5.04. The van der Waals surface area contributed by atoms with Crippen molar-refractivity contribution in [3.05, 3.63) is 0 Å². The topological polar surface area (TPSA) is 58.6 Å². The van der Waals surface area contributed by atoms with Crippen LogP contribution in [0.2, 0.25) is 0 Å². The number of sulfone groups is 1. The van der Waals surface area contributed by atoms with Crippen LogP contribution in [-0.2, 0) is 14.6 Å². The summed E-state index contributed by atoms with van der Waals surface area (Å²) in [6.45, 7) is 3.21. The van der Waals surface area contributed by atoms with Gasteiger partial charge < -0.3 is 10.1 Å². The van der Waals surface area contributed by atoms with Gasteiger partial charge in [-0.05, 0) is 6.42 Å². The van der Waals surface area contributed by atoms with Crippen molar-refractivity contribution in [1.82, 2.24) is 10.2 Å². The Kier molecular flexibility index (Phi) is 3.84. The highest BCUT2D eigenvalue weighted by Gasteiger charge is 2.28. The fraction of sp³-hybridized carbons (Fsp3) is 1.00. The summed E-state index contributed by atoms with van der Waals surface area (Å²) < 4.78 is 27.8. The maximum absolute atomic E-state index is 11.3. The largest absolute Gasteiger partial charge is 0.380 e. The minimum absolute atomic E-state index is 0.313. The van der Waals surface area contributed by atoms with Crippen LogP contribution in [0.25, 0.3) is 0 Å². The Morgan fingerprint density at radius 2 is 2.06 bits per heavy atom. The summed E-state index contributed by atoms with van der Waals surface area (Å²) in [5.74, 6) is 0.626. The van der Waals surface area contributed by atoms with E-state index in [1.165, 1.54) is 0 Å². The van der Waals surface area contributed by atoms with E-state index in [0.717, 1.165) is 19.5 Å². The van der Waals surface area contributed by atoms with E-state index in [1.54, 1.807) is 7.11 Å². The summed E-state index contributed by atoms with van der Waals surface area (Å²) >= 11 is 0. The Bertz CT molecular complexity index is 317. The van der Waals surface area contributed by atoms with Gasteiger partial charge in [-0.25, -0.2) is 8.42 Å². The fourth-order valence-electron chi connectivity index (χ4n) is 2.35. The lowest BCUT2D eigenvalue weighted by Gasteiger charge is -2.28. The van der Waals surface area contributed by atoms with Crippen molar-refractivity contribution in [3.63, 3.8) is 0 Å². The lowest BCUT2D eigenvalue weighted by atomic mass is 10.2. The number of rotatable bonds is 3. The van der Waals surface area contributed by atoms with Gasteiger partial charge in [0.05, 0.1) is 17.6 Å². The standard InChI is InChI=1S/C10H20N2O3S/c1-15-10-6-9(11-7-10)8-12-2-4-16(13,14)5-3-12/h9-11H,2-8H2,1H3. The van der Waals surface area contributed by atoms with Gasteiger partial charge in [0.15, 0.2) is 9.84 Å². The Hall–Kier alpha value is -0.170. The molecule has 2 atom stereocenters. The zero-order valence-corrected chi connectivity index (χ0v) is 10.5. The molecule has 2 aliphatic rings. The number of methoxy groups -OCH3 is 1. The van der Waals surface area contributed by atoms with Gasteiger partial charge in [-0.1, -0.05) is 0 Å². The van der Waals surface area contributed by atoms with Gasteiger partial charge in [-0.3, -0.25) is 4.90 Å². The Labute approximate surface area is 97.1 Å². The molecule has 0 aromatic carbocycles. The van der Waals surface area contributed by atoms with E-state index in [1.807, 2.05) is 0 Å². The van der Waals surface area contributed by atoms with Crippen molar-refractivity contribution in [2.75, 3.05) is 44.8 Å². The Morgan fingerprint density at radius 3 is 2.62 bits per heavy atom. The molecule has 0 aromatic heterocycles. The summed E-state index contributed by atoms with van der Waals surface area (Å²) in [7, 11) is -1.01. The van der Waals surface area contributed by atoms with E-state index < -0.39 is 9.84 Å². The van der Waals surface area contributed by atoms with Crippen molar-refractivity contribution >= 4 is 9.84 Å². The zero-order chi connectivity index (χ0) is 11.6. The van der Waals surface area contributed by atoms with Gasteiger partial charge in [-0.15, -0.1) is 0 Å². The lowest BCUT2D eigenvalue weighted by Crippen LogP contribution is -2.45. The molecule has 2 fully saturated rings. The van der Waals surface area contributed by atoms with Crippen LogP contribution < -0.4 is 5.32 Å². The third kappa shape index (κ3) is 3.16. The van der Waals surface area contributed by atoms with Crippen molar-refractivity contribution in [2.24, 2.45) is 0 Å². The van der Waals surface area contributed by atoms with Crippen LogP contribution in [0.3, 0.4) is 0 Å². The van der Waals surface area contributed by atoms with Crippen LogP contribution in [0.5, 0.6) is 0 Å². The number of hydrogen-bond donors (Lipinski definition) is 1. The van der Waals surface area contributed by atoms with Gasteiger partial charge >= 0.3 is 0 Å². The average molecular weight is 248 g/mol. The van der Waals surface area contributed by atoms with Crippen LogP contribution in [0.15, 0.2) is 0 Å². The summed E-state index contributed by atoms with van der Waals surface area (Å²) in [5.41, 5.74) is 0. The van der Waals surface area contributed by atoms with E-state index in [4.69, 9.17) is 4.74 Å². The van der Waals surface area contributed by atoms with Gasteiger partial charge in [-0.2, -0.15) is 0 Å². The van der Waals surface area contributed by atoms with Crippen LogP contribution in [-0.4, -0.2) is 70.3 Å². The van der Waals surface area contributed by atoms with Crippen LogP contribution in [0.4, 0.5) is 0 Å². The number of nitrogens with zero attached hydrogens (tertiary/aromatic N) is 1. The second-order valence-corrected chi connectivity index (χ2v) is 6.95. The molecule has 2 heterocycles. The lowest BCUT2D eigenvalue weighted by molar-refractivity contribution is 0.115. The molecule has 0 aliphatic carbocycles. The highest BCUT2D eigenvalue weighted by atomic mass is 32.2. The first-order chi connectivity index (χ1) is 7.59. The quantitative estimate of drug-likeness (QED) is 0.701. The molecule has 0 bridgehead atoms. The third-order valence-electron chi connectivity index (χ3n) is 3.43. The second kappa shape index (κ2) is 5.00. The Morgan fingerprint density at radius 1 is 1.38 bits per heavy atom. The smallest absolute Gasteiger partial charge is 0.152 e. The van der Waals surface area contributed by atoms with E-state index in [0.29, 0.717) is 36.7 Å². The highest BCUT2D eigenvalue weighted by molar-refractivity contribution is 7.91. The maximum Gasteiger partial charge on any atom is 0.152 e. The van der Waals surface area contributed by atoms with Gasteiger partial charge in [0.25, 0.3) is 0 Å². The molecule has 2 rings (SSSR count). The van der Waals surface area contributed by atoms with E-state index in [2.05, 4.69) is 10.2 Å². The first-order valence-corrected chi connectivity index (χ1v) is 7.60. The summed E-state index contributed by atoms with van der Waals surface area (Å²) in [6, 6.07) is 0.450. The monoisotopic (exact) mass is 248 g/mol. The first-order valence-electron chi connectivity index (χ1n) is 5.78. The minimum Gasteiger partial charge on any atom is -0.380 e. The van der Waals surface area contributed by atoms with Gasteiger partial charge in [0.1, 0.15) is 0 Å². The summed E-state index contributed by atoms with van der Waals surface area (Å²) in [4.78, 5) is 2.23. The van der Waals surface area contributed by atoms with Crippen molar-refractivity contribution in [2.45, 2.75) is 18.6 Å². The average Bonchev–Trinajstić information content (AvgIpc) is 2.69. The molecule has 0 aromatic rings. The second-order valence-electron chi connectivity index (χ2n) is 4.65. The molecular weight excluding hydrogens is 228 g/mol. The molecule has 1 N–H and O–H groups in total. The molecule has 0 spiro atoms. The molecule has 6 heteroatoms. The SMILES string of the molecule is COC1CNC(CN2CCS(=O)(=O)CC2)C1. The number of nitrogens with one attached hydrogen (secondary N) is 1. The first kappa shape index (κ1) is 12.3. The molecule has 94 valence electrons. The molecule has 2 unspecified atom stereocenters. The van der Waals surface area contributed by atoms with Crippen molar-refractivity contribution in [1.29, 1.82) is 0 Å². The fourth-order valence-corrected chi connectivity index (χ4v) is 3.62. The predicted octanol–water partition coefficient (Wildman–Crippen LogP) is -0.906. The minimum atomic E-state index is -2.75. The van der Waals surface area contributed by atoms with Crippen LogP contribution in [0, 0.1) is 0 Å². The molecule has 0 saturated carbocycles. The van der Waals surface area contributed by atoms with Gasteiger partial charge in [0, 0.05) is 39.3 Å². The van der Waals surface area contributed by atoms with Crippen molar-refractivity contribution < 1.29 is 13.2 Å². The molecule has 0 amide bonds. The van der Waals surface area contributed by atoms with E-state index in [9.17, 15) is 8.42 Å². The molecule has 2 saturated heterocycles. The summed E-state index contributed by atoms with van der Waals surface area (Å²) in [5, 5.41) is 3.41. The summed E-state index contributed by atoms with van der Waals surface area (Å²) in [6.07, 6.45) is 1.35. The van der Waals surface area contributed by atoms with E-state index in [-0.39, 0.29) is 0 Å². The van der Waals surface area contributed by atoms with Crippen molar-refractivity contribution in [3.8, 4) is 0 Å². The van der Waals surface area contributed by atoms with Crippen LogP contribution in [0.1, 0.15) is 6.42 Å². The Balaban J connectivity index is 1.75. The highest BCUT2D eigenvalue weighted by Crippen LogP contribution is 2.12. The normalized spacial score (nSPS) is 35.3. The zero-order valence-electron chi connectivity index (χ0n) is 9.68. The van der Waals surface area contributed by atoms with E-state index >= 15 is 0 Å². The molecular formula is C10H20N2O3S. The maximum atomic E-state index is 11.3. The van der Waals surface area contributed by atoms with Crippen LogP contribution >= 0.6 is 0 Å². The molecule has 5 nitrogen and oxygen atoms in total. The number of hydrogen-bond acceptors (Lipinski definition) is 5.